The lowest BCUT2D eigenvalue weighted by molar-refractivity contribution is 0.626. The Kier molecular flexibility index (Phi) is 3.55. The fraction of sp³-hybridized carbons (Fsp3) is 0.200. The van der Waals surface area contributed by atoms with Crippen molar-refractivity contribution in [2.45, 2.75) is 17.2 Å². The topological polar surface area (TPSA) is 47.8 Å². The van der Waals surface area contributed by atoms with Gasteiger partial charge in [-0.25, -0.2) is 14.4 Å². The number of pyridine rings is 1. The number of nitrogens with zero attached hydrogens (tertiary/aromatic N) is 3. The first-order chi connectivity index (χ1) is 10.1. The van der Waals surface area contributed by atoms with Crippen LogP contribution in [0.5, 0.6) is 0 Å². The maximum Gasteiger partial charge on any atom is 0.153 e. The third-order valence-corrected chi connectivity index (χ3v) is 5.04. The number of benzene rings is 1. The highest BCUT2D eigenvalue weighted by Crippen LogP contribution is 2.27. The molecule has 0 radical (unpaired) electrons. The molecule has 0 amide bonds. The second-order valence-corrected chi connectivity index (χ2v) is 6.52. The zero-order valence-corrected chi connectivity index (χ0v) is 12.5. The molecule has 2 heterocycles. The maximum absolute atomic E-state index is 13.0. The third kappa shape index (κ3) is 2.47. The number of aromatic nitrogens is 3. The van der Waals surface area contributed by atoms with E-state index >= 15 is 0 Å². The second kappa shape index (κ2) is 5.37. The molecule has 1 aromatic carbocycles. The summed E-state index contributed by atoms with van der Waals surface area (Å²) in [6.45, 7) is 1.85. The number of imidazole rings is 1. The molecule has 3 rings (SSSR count). The quantitative estimate of drug-likeness (QED) is 0.747. The summed E-state index contributed by atoms with van der Waals surface area (Å²) in [5, 5.41) is 0.225. The van der Waals surface area contributed by atoms with Crippen LogP contribution in [0.15, 0.2) is 47.9 Å². The molecule has 4 nitrogen and oxygen atoms in total. The Hall–Kier alpha value is -2.08. The molecule has 0 saturated heterocycles. The van der Waals surface area contributed by atoms with Gasteiger partial charge in [0.15, 0.2) is 5.03 Å². The number of aryl methyl sites for hydroxylation is 1. The molecule has 0 aliphatic rings. The fourth-order valence-corrected chi connectivity index (χ4v) is 3.58. The van der Waals surface area contributed by atoms with E-state index in [0.29, 0.717) is 5.03 Å². The highest BCUT2D eigenvalue weighted by atomic mass is 32.2. The van der Waals surface area contributed by atoms with Gasteiger partial charge in [0, 0.05) is 13.2 Å². The van der Waals surface area contributed by atoms with Crippen molar-refractivity contribution in [3.05, 3.63) is 54.2 Å². The van der Waals surface area contributed by atoms with E-state index in [4.69, 9.17) is 0 Å². The molecule has 108 valence electrons. The van der Waals surface area contributed by atoms with Crippen molar-refractivity contribution < 1.29 is 8.60 Å². The lowest BCUT2D eigenvalue weighted by Crippen LogP contribution is -2.07. The summed E-state index contributed by atoms with van der Waals surface area (Å²) >= 11 is 0. The molecule has 6 heteroatoms. The number of hydrogen-bond donors (Lipinski definition) is 0. The zero-order valence-electron chi connectivity index (χ0n) is 11.7. The van der Waals surface area contributed by atoms with Crippen LogP contribution in [0.3, 0.4) is 0 Å². The van der Waals surface area contributed by atoms with Crippen molar-refractivity contribution in [3.63, 3.8) is 0 Å². The predicted octanol–water partition coefficient (Wildman–Crippen LogP) is 2.98. The van der Waals surface area contributed by atoms with Crippen molar-refractivity contribution in [2.75, 3.05) is 0 Å². The molecule has 0 N–H and O–H groups in total. The highest BCUT2D eigenvalue weighted by Gasteiger charge is 2.20. The summed E-state index contributed by atoms with van der Waals surface area (Å²) in [6, 6.07) is 7.85. The Bertz CT molecular complexity index is 813. The molecule has 0 aliphatic heterocycles. The van der Waals surface area contributed by atoms with Crippen LogP contribution in [-0.4, -0.2) is 18.7 Å². The molecule has 21 heavy (non-hydrogen) atoms. The Morgan fingerprint density at radius 1 is 1.19 bits per heavy atom. The largest absolute Gasteiger partial charge is 0.331 e. The summed E-state index contributed by atoms with van der Waals surface area (Å²) in [7, 11) is 0.504. The average Bonchev–Trinajstić information content (AvgIpc) is 2.88. The van der Waals surface area contributed by atoms with Crippen LogP contribution in [0.2, 0.25) is 0 Å². The van der Waals surface area contributed by atoms with E-state index in [-0.39, 0.29) is 11.1 Å². The average molecular weight is 303 g/mol. The molecule has 0 aliphatic carbocycles. The molecule has 2 atom stereocenters. The van der Waals surface area contributed by atoms with Gasteiger partial charge >= 0.3 is 0 Å². The summed E-state index contributed by atoms with van der Waals surface area (Å²) in [6.07, 6.45) is 3.29. The second-order valence-electron chi connectivity index (χ2n) is 4.83. The molecule has 0 fully saturated rings. The van der Waals surface area contributed by atoms with Gasteiger partial charge in [-0.05, 0) is 30.7 Å². The van der Waals surface area contributed by atoms with E-state index in [0.717, 1.165) is 16.6 Å². The molecule has 0 spiro atoms. The first-order valence-electron chi connectivity index (χ1n) is 6.50. The van der Waals surface area contributed by atoms with Crippen molar-refractivity contribution >= 4 is 21.8 Å². The summed E-state index contributed by atoms with van der Waals surface area (Å²) in [5.74, 6) is -0.302. The van der Waals surface area contributed by atoms with Crippen LogP contribution in [0.25, 0.3) is 11.0 Å². The van der Waals surface area contributed by atoms with Crippen LogP contribution in [0.4, 0.5) is 4.39 Å². The first-order valence-corrected chi connectivity index (χ1v) is 7.71. The standard InChI is InChI=1S/C15H14FN3OS/c1-10(11-3-5-12(16)6-4-11)21(20)15-14-13(7-8-17-15)18-9-19(14)2/h3-10H,1-2H3. The highest BCUT2D eigenvalue weighted by molar-refractivity contribution is 7.85. The van der Waals surface area contributed by atoms with Gasteiger partial charge < -0.3 is 4.57 Å². The number of hydrogen-bond acceptors (Lipinski definition) is 3. The van der Waals surface area contributed by atoms with Gasteiger partial charge in [-0.2, -0.15) is 0 Å². The van der Waals surface area contributed by atoms with E-state index in [1.165, 1.54) is 12.1 Å². The Morgan fingerprint density at radius 2 is 1.90 bits per heavy atom. The van der Waals surface area contributed by atoms with Gasteiger partial charge in [-0.1, -0.05) is 12.1 Å². The summed E-state index contributed by atoms with van der Waals surface area (Å²) in [5.41, 5.74) is 2.35. The molecule has 3 aromatic rings. The lowest BCUT2D eigenvalue weighted by atomic mass is 10.2. The van der Waals surface area contributed by atoms with Crippen molar-refractivity contribution in [1.82, 2.24) is 14.5 Å². The monoisotopic (exact) mass is 303 g/mol. The Balaban J connectivity index is 2.04. The van der Waals surface area contributed by atoms with E-state index in [2.05, 4.69) is 9.97 Å². The van der Waals surface area contributed by atoms with Gasteiger partial charge in [0.25, 0.3) is 0 Å². The van der Waals surface area contributed by atoms with Crippen LogP contribution in [0, 0.1) is 5.82 Å². The molecular formula is C15H14FN3OS. The molecular weight excluding hydrogens is 289 g/mol. The third-order valence-electron chi connectivity index (χ3n) is 3.44. The van der Waals surface area contributed by atoms with Crippen LogP contribution in [0.1, 0.15) is 17.7 Å². The van der Waals surface area contributed by atoms with Gasteiger partial charge in [-0.3, -0.25) is 4.21 Å². The van der Waals surface area contributed by atoms with E-state index in [1.54, 1.807) is 30.7 Å². The van der Waals surface area contributed by atoms with Gasteiger partial charge in [-0.15, -0.1) is 0 Å². The van der Waals surface area contributed by atoms with E-state index in [1.807, 2.05) is 18.5 Å². The minimum Gasteiger partial charge on any atom is -0.331 e. The number of halogens is 1. The van der Waals surface area contributed by atoms with Crippen LogP contribution in [-0.2, 0) is 17.8 Å². The van der Waals surface area contributed by atoms with E-state index < -0.39 is 10.8 Å². The van der Waals surface area contributed by atoms with Gasteiger partial charge in [0.05, 0.1) is 27.9 Å². The normalized spacial score (nSPS) is 14.2. The van der Waals surface area contributed by atoms with Crippen molar-refractivity contribution in [2.24, 2.45) is 7.05 Å². The molecule has 2 unspecified atom stereocenters. The van der Waals surface area contributed by atoms with Gasteiger partial charge in [0.2, 0.25) is 0 Å². The Morgan fingerprint density at radius 3 is 2.62 bits per heavy atom. The van der Waals surface area contributed by atoms with Crippen LogP contribution >= 0.6 is 0 Å². The smallest absolute Gasteiger partial charge is 0.153 e. The van der Waals surface area contributed by atoms with Crippen molar-refractivity contribution in [3.8, 4) is 0 Å². The summed E-state index contributed by atoms with van der Waals surface area (Å²) < 4.78 is 27.6. The van der Waals surface area contributed by atoms with Crippen LogP contribution < -0.4 is 0 Å². The SMILES string of the molecule is CC(c1ccc(F)cc1)S(=O)c1nccc2ncn(C)c12. The molecule has 2 aromatic heterocycles. The zero-order chi connectivity index (χ0) is 15.0. The number of fused-ring (bicyclic) bond motifs is 1. The molecule has 0 bridgehead atoms. The number of rotatable bonds is 3. The fourth-order valence-electron chi connectivity index (χ4n) is 2.24. The predicted molar refractivity (Wildman–Crippen MR) is 79.7 cm³/mol. The van der Waals surface area contributed by atoms with E-state index in [9.17, 15) is 8.60 Å². The first kappa shape index (κ1) is 13.9. The summed E-state index contributed by atoms with van der Waals surface area (Å²) in [4.78, 5) is 8.51. The van der Waals surface area contributed by atoms with Crippen molar-refractivity contribution in [1.29, 1.82) is 0 Å². The van der Waals surface area contributed by atoms with Gasteiger partial charge in [0.1, 0.15) is 11.3 Å². The minimum absolute atomic E-state index is 0.279. The maximum atomic E-state index is 13.0. The lowest BCUT2D eigenvalue weighted by Gasteiger charge is -2.12. The minimum atomic E-state index is -1.34. The Labute approximate surface area is 124 Å². The molecule has 0 saturated carbocycles.